The number of furan rings is 1. The topological polar surface area (TPSA) is 59.4 Å². The van der Waals surface area contributed by atoms with Crippen molar-refractivity contribution in [3.8, 4) is 0 Å². The van der Waals surface area contributed by atoms with Gasteiger partial charge in [0.1, 0.15) is 5.76 Å². The Bertz CT molecular complexity index is 246. The lowest BCUT2D eigenvalue weighted by Gasteiger charge is -2.20. The van der Waals surface area contributed by atoms with Crippen LogP contribution in [0.5, 0.6) is 0 Å². The first kappa shape index (κ1) is 12.3. The van der Waals surface area contributed by atoms with Gasteiger partial charge in [-0.15, -0.1) is 0 Å². The van der Waals surface area contributed by atoms with Gasteiger partial charge in [0, 0.05) is 6.42 Å². The molecule has 0 aliphatic heterocycles. The second-order valence-corrected chi connectivity index (χ2v) is 3.97. The molecule has 0 bridgehead atoms. The minimum absolute atomic E-state index is 0.227. The van der Waals surface area contributed by atoms with E-state index in [0.29, 0.717) is 6.54 Å². The van der Waals surface area contributed by atoms with Gasteiger partial charge in [-0.2, -0.15) is 0 Å². The van der Waals surface area contributed by atoms with Gasteiger partial charge in [-0.3, -0.25) is 0 Å². The molecule has 3 N–H and O–H groups in total. The molecule has 0 amide bonds. The lowest BCUT2D eigenvalue weighted by Crippen LogP contribution is -2.28. The van der Waals surface area contributed by atoms with Gasteiger partial charge in [-0.1, -0.05) is 13.3 Å². The van der Waals surface area contributed by atoms with Crippen LogP contribution in [0.2, 0.25) is 0 Å². The average Bonchev–Trinajstić information content (AvgIpc) is 2.75. The van der Waals surface area contributed by atoms with Gasteiger partial charge < -0.3 is 15.3 Å². The molecule has 1 aromatic rings. The SMILES string of the molecule is CCCC(CN)C(O)CCc1ccco1. The van der Waals surface area contributed by atoms with Crippen LogP contribution in [0.25, 0.3) is 0 Å². The first-order valence-corrected chi connectivity index (χ1v) is 5.68. The molecule has 86 valence electrons. The lowest BCUT2D eigenvalue weighted by molar-refractivity contribution is 0.0962. The van der Waals surface area contributed by atoms with E-state index in [4.69, 9.17) is 10.2 Å². The summed E-state index contributed by atoms with van der Waals surface area (Å²) in [6.07, 6.45) is 4.94. The Morgan fingerprint density at radius 3 is 2.80 bits per heavy atom. The number of rotatable bonds is 7. The minimum atomic E-state index is -0.306. The molecule has 2 unspecified atom stereocenters. The highest BCUT2D eigenvalue weighted by molar-refractivity contribution is 4.98. The molecule has 3 heteroatoms. The van der Waals surface area contributed by atoms with Crippen molar-refractivity contribution < 1.29 is 9.52 Å². The van der Waals surface area contributed by atoms with Crippen LogP contribution in [0.1, 0.15) is 31.9 Å². The highest BCUT2D eigenvalue weighted by Gasteiger charge is 2.16. The maximum atomic E-state index is 9.92. The number of hydrogen-bond acceptors (Lipinski definition) is 3. The van der Waals surface area contributed by atoms with Crippen LogP contribution >= 0.6 is 0 Å². The van der Waals surface area contributed by atoms with Crippen LogP contribution in [0, 0.1) is 5.92 Å². The van der Waals surface area contributed by atoms with Crippen LogP contribution in [0.3, 0.4) is 0 Å². The summed E-state index contributed by atoms with van der Waals surface area (Å²) in [5, 5.41) is 9.92. The highest BCUT2D eigenvalue weighted by Crippen LogP contribution is 2.15. The zero-order chi connectivity index (χ0) is 11.1. The summed E-state index contributed by atoms with van der Waals surface area (Å²) in [5.41, 5.74) is 5.63. The van der Waals surface area contributed by atoms with E-state index in [-0.39, 0.29) is 12.0 Å². The number of aliphatic hydroxyl groups is 1. The highest BCUT2D eigenvalue weighted by atomic mass is 16.3. The number of aryl methyl sites for hydroxylation is 1. The zero-order valence-corrected chi connectivity index (χ0v) is 9.36. The van der Waals surface area contributed by atoms with E-state index in [2.05, 4.69) is 6.92 Å². The summed E-state index contributed by atoms with van der Waals surface area (Å²) >= 11 is 0. The molecule has 0 aromatic carbocycles. The van der Waals surface area contributed by atoms with Crippen molar-refractivity contribution in [2.45, 2.75) is 38.7 Å². The van der Waals surface area contributed by atoms with Gasteiger partial charge in [0.15, 0.2) is 0 Å². The molecular formula is C12H21NO2. The van der Waals surface area contributed by atoms with Gasteiger partial charge >= 0.3 is 0 Å². The Morgan fingerprint density at radius 1 is 1.47 bits per heavy atom. The number of aliphatic hydroxyl groups excluding tert-OH is 1. The van der Waals surface area contributed by atoms with Crippen LogP contribution in [-0.2, 0) is 6.42 Å². The third-order valence-corrected chi connectivity index (χ3v) is 2.77. The fraction of sp³-hybridized carbons (Fsp3) is 0.667. The quantitative estimate of drug-likeness (QED) is 0.724. The fourth-order valence-electron chi connectivity index (χ4n) is 1.82. The molecule has 15 heavy (non-hydrogen) atoms. The number of nitrogens with two attached hydrogens (primary N) is 1. The van der Waals surface area contributed by atoms with Gasteiger partial charge in [0.05, 0.1) is 12.4 Å². The van der Waals surface area contributed by atoms with Crippen molar-refractivity contribution in [1.29, 1.82) is 0 Å². The van der Waals surface area contributed by atoms with E-state index in [1.807, 2.05) is 12.1 Å². The standard InChI is InChI=1S/C12H21NO2/c1-2-4-10(9-13)12(14)7-6-11-5-3-8-15-11/h3,5,8,10,12,14H,2,4,6-7,9,13H2,1H3. The van der Waals surface area contributed by atoms with Crippen molar-refractivity contribution in [1.82, 2.24) is 0 Å². The van der Waals surface area contributed by atoms with E-state index in [1.54, 1.807) is 6.26 Å². The molecule has 1 rings (SSSR count). The second-order valence-electron chi connectivity index (χ2n) is 3.97. The Labute approximate surface area is 91.3 Å². The van der Waals surface area contributed by atoms with Crippen molar-refractivity contribution >= 4 is 0 Å². The van der Waals surface area contributed by atoms with Crippen molar-refractivity contribution in [2.24, 2.45) is 11.7 Å². The van der Waals surface area contributed by atoms with E-state index in [9.17, 15) is 5.11 Å². The molecule has 3 nitrogen and oxygen atoms in total. The Kier molecular flexibility index (Phi) is 5.43. The average molecular weight is 211 g/mol. The maximum Gasteiger partial charge on any atom is 0.103 e. The second kappa shape index (κ2) is 6.64. The Hall–Kier alpha value is -0.800. The lowest BCUT2D eigenvalue weighted by atomic mass is 9.94. The van der Waals surface area contributed by atoms with Crippen molar-refractivity contribution in [2.75, 3.05) is 6.54 Å². The predicted octanol–water partition coefficient (Wildman–Crippen LogP) is 1.95. The Balaban J connectivity index is 2.30. The third-order valence-electron chi connectivity index (χ3n) is 2.77. The molecule has 2 atom stereocenters. The van der Waals surface area contributed by atoms with E-state index < -0.39 is 0 Å². The molecular weight excluding hydrogens is 190 g/mol. The summed E-state index contributed by atoms with van der Waals surface area (Å²) in [6.45, 7) is 2.68. The van der Waals surface area contributed by atoms with Crippen LogP contribution < -0.4 is 5.73 Å². The molecule has 0 spiro atoms. The Morgan fingerprint density at radius 2 is 2.27 bits per heavy atom. The van der Waals surface area contributed by atoms with E-state index >= 15 is 0 Å². The molecule has 0 aliphatic carbocycles. The fourth-order valence-corrected chi connectivity index (χ4v) is 1.82. The predicted molar refractivity (Wildman–Crippen MR) is 60.5 cm³/mol. The first-order valence-electron chi connectivity index (χ1n) is 5.68. The van der Waals surface area contributed by atoms with Gasteiger partial charge in [0.25, 0.3) is 0 Å². The number of hydrogen-bond donors (Lipinski definition) is 2. The smallest absolute Gasteiger partial charge is 0.103 e. The molecule has 0 saturated carbocycles. The van der Waals surface area contributed by atoms with E-state index in [1.165, 1.54) is 0 Å². The van der Waals surface area contributed by atoms with Crippen molar-refractivity contribution in [3.05, 3.63) is 24.2 Å². The minimum Gasteiger partial charge on any atom is -0.469 e. The monoisotopic (exact) mass is 211 g/mol. The molecule has 0 saturated heterocycles. The van der Waals surface area contributed by atoms with Crippen molar-refractivity contribution in [3.63, 3.8) is 0 Å². The summed E-state index contributed by atoms with van der Waals surface area (Å²) in [5.74, 6) is 1.16. The molecule has 0 fully saturated rings. The summed E-state index contributed by atoms with van der Waals surface area (Å²) in [6, 6.07) is 3.80. The third kappa shape index (κ3) is 4.06. The molecule has 1 heterocycles. The van der Waals surface area contributed by atoms with Gasteiger partial charge in [-0.25, -0.2) is 0 Å². The van der Waals surface area contributed by atoms with E-state index in [0.717, 1.165) is 31.4 Å². The zero-order valence-electron chi connectivity index (χ0n) is 9.36. The van der Waals surface area contributed by atoms with Gasteiger partial charge in [0.2, 0.25) is 0 Å². The summed E-state index contributed by atoms with van der Waals surface area (Å²) in [7, 11) is 0. The van der Waals surface area contributed by atoms with Crippen LogP contribution in [0.4, 0.5) is 0 Å². The molecule has 0 radical (unpaired) electrons. The molecule has 0 aliphatic rings. The van der Waals surface area contributed by atoms with Crippen LogP contribution in [0.15, 0.2) is 22.8 Å². The summed E-state index contributed by atoms with van der Waals surface area (Å²) < 4.78 is 5.21. The first-order chi connectivity index (χ1) is 7.27. The maximum absolute atomic E-state index is 9.92. The largest absolute Gasteiger partial charge is 0.469 e. The van der Waals surface area contributed by atoms with Gasteiger partial charge in [-0.05, 0) is 37.4 Å². The normalized spacial score (nSPS) is 15.1. The van der Waals surface area contributed by atoms with Crippen LogP contribution in [-0.4, -0.2) is 17.8 Å². The summed E-state index contributed by atoms with van der Waals surface area (Å²) in [4.78, 5) is 0. The molecule has 1 aromatic heterocycles.